The zero-order chi connectivity index (χ0) is 23.1. The summed E-state index contributed by atoms with van der Waals surface area (Å²) in [5, 5.41) is 8.65. The summed E-state index contributed by atoms with van der Waals surface area (Å²) >= 11 is 7.39. The average molecular weight is 481 g/mol. The number of aromatic nitrogens is 4. The lowest BCUT2D eigenvalue weighted by atomic mass is 10.2. The minimum absolute atomic E-state index is 0.107. The van der Waals surface area contributed by atoms with Crippen molar-refractivity contribution in [3.8, 4) is 5.69 Å². The molecule has 0 aliphatic carbocycles. The summed E-state index contributed by atoms with van der Waals surface area (Å²) in [7, 11) is 0. The third-order valence-electron chi connectivity index (χ3n) is 5.32. The quantitative estimate of drug-likeness (QED) is 0.423. The molecule has 1 unspecified atom stereocenters. The zero-order valence-corrected chi connectivity index (χ0v) is 18.6. The highest BCUT2D eigenvalue weighted by Crippen LogP contribution is 2.33. The summed E-state index contributed by atoms with van der Waals surface area (Å²) < 4.78 is 3.17. The monoisotopic (exact) mass is 480 g/mol. The number of primary amides is 1. The highest BCUT2D eigenvalue weighted by atomic mass is 35.5. The molecule has 0 radical (unpaired) electrons. The molecule has 5 rings (SSSR count). The number of halogens is 1. The Balaban J connectivity index is 1.39. The Morgan fingerprint density at radius 1 is 1.15 bits per heavy atom. The minimum Gasteiger partial charge on any atom is -0.366 e. The predicted octanol–water partition coefficient (Wildman–Crippen LogP) is 3.01. The van der Waals surface area contributed by atoms with Gasteiger partial charge in [0.15, 0.2) is 10.8 Å². The Morgan fingerprint density at radius 2 is 1.88 bits per heavy atom. The lowest BCUT2D eigenvalue weighted by Crippen LogP contribution is -2.27. The first-order valence-electron chi connectivity index (χ1n) is 9.99. The largest absolute Gasteiger partial charge is 0.366 e. The van der Waals surface area contributed by atoms with Crippen molar-refractivity contribution in [2.24, 2.45) is 5.73 Å². The molecule has 166 valence electrons. The second kappa shape index (κ2) is 8.38. The van der Waals surface area contributed by atoms with Gasteiger partial charge in [0.2, 0.25) is 11.8 Å². The Hall–Kier alpha value is -3.63. The molecule has 4 aromatic rings. The van der Waals surface area contributed by atoms with Gasteiger partial charge in [-0.1, -0.05) is 23.4 Å². The summed E-state index contributed by atoms with van der Waals surface area (Å²) in [5.41, 5.74) is 7.10. The van der Waals surface area contributed by atoms with Crippen LogP contribution in [0.4, 0.5) is 5.69 Å². The smallest absolute Gasteiger partial charge is 0.265 e. The maximum absolute atomic E-state index is 13.2. The van der Waals surface area contributed by atoms with Crippen LogP contribution in [-0.2, 0) is 4.79 Å². The van der Waals surface area contributed by atoms with E-state index in [4.69, 9.17) is 17.3 Å². The van der Waals surface area contributed by atoms with E-state index in [1.807, 2.05) is 0 Å². The van der Waals surface area contributed by atoms with Crippen molar-refractivity contribution in [2.75, 3.05) is 11.1 Å². The predicted molar refractivity (Wildman–Crippen MR) is 126 cm³/mol. The Bertz CT molecular complexity index is 1450. The maximum atomic E-state index is 13.2. The topological polar surface area (TPSA) is 125 Å². The summed E-state index contributed by atoms with van der Waals surface area (Å²) in [6.45, 7) is 0. The second-order valence-electron chi connectivity index (χ2n) is 7.50. The zero-order valence-electron chi connectivity index (χ0n) is 17.1. The molecule has 0 spiro atoms. The number of nitrogens with one attached hydrogen (secondary N) is 1. The molecular formula is C22H17ClN6O3S. The molecule has 11 heteroatoms. The molecule has 1 aliphatic rings. The first-order valence-corrected chi connectivity index (χ1v) is 11.4. The Morgan fingerprint density at radius 3 is 2.58 bits per heavy atom. The van der Waals surface area contributed by atoms with Gasteiger partial charge in [-0.3, -0.25) is 19.0 Å². The molecule has 2 aromatic carbocycles. The van der Waals surface area contributed by atoms with Gasteiger partial charge in [0.25, 0.3) is 5.56 Å². The van der Waals surface area contributed by atoms with Crippen molar-refractivity contribution < 1.29 is 9.59 Å². The Kier molecular flexibility index (Phi) is 5.39. The van der Waals surface area contributed by atoms with Gasteiger partial charge in [0, 0.05) is 28.4 Å². The van der Waals surface area contributed by atoms with Crippen LogP contribution in [0.1, 0.15) is 22.8 Å². The number of thioether (sulfide) groups is 1. The van der Waals surface area contributed by atoms with Crippen LogP contribution < -0.4 is 16.6 Å². The van der Waals surface area contributed by atoms with Gasteiger partial charge in [0.1, 0.15) is 5.39 Å². The number of fused-ring (bicyclic) bond motifs is 2. The van der Waals surface area contributed by atoms with Crippen LogP contribution in [-0.4, -0.2) is 36.9 Å². The molecule has 0 saturated carbocycles. The van der Waals surface area contributed by atoms with Crippen molar-refractivity contribution in [2.45, 2.75) is 17.6 Å². The van der Waals surface area contributed by atoms with E-state index >= 15 is 0 Å². The molecule has 1 atom stereocenters. The molecule has 0 bridgehead atoms. The number of anilines is 1. The number of nitrogens with zero attached hydrogens (tertiary/aromatic N) is 4. The van der Waals surface area contributed by atoms with Gasteiger partial charge in [0.05, 0.1) is 17.9 Å². The van der Waals surface area contributed by atoms with Crippen LogP contribution in [0.2, 0.25) is 5.02 Å². The highest BCUT2D eigenvalue weighted by Gasteiger charge is 2.29. The van der Waals surface area contributed by atoms with Crippen LogP contribution >= 0.6 is 23.4 Å². The third-order valence-corrected chi connectivity index (χ3v) is 6.67. The van der Waals surface area contributed by atoms with Crippen molar-refractivity contribution >= 4 is 51.9 Å². The van der Waals surface area contributed by atoms with E-state index in [0.29, 0.717) is 38.2 Å². The van der Waals surface area contributed by atoms with Gasteiger partial charge in [-0.15, -0.1) is 0 Å². The Labute approximate surface area is 196 Å². The van der Waals surface area contributed by atoms with Crippen LogP contribution in [0.5, 0.6) is 0 Å². The summed E-state index contributed by atoms with van der Waals surface area (Å²) in [6, 6.07) is 13.1. The number of rotatable bonds is 5. The first-order chi connectivity index (χ1) is 15.9. The molecule has 1 aliphatic heterocycles. The lowest BCUT2D eigenvalue weighted by Gasteiger charge is -2.13. The van der Waals surface area contributed by atoms with E-state index in [0.717, 1.165) is 5.69 Å². The van der Waals surface area contributed by atoms with Crippen LogP contribution in [0.15, 0.2) is 64.7 Å². The second-order valence-corrected chi connectivity index (χ2v) is 8.92. The van der Waals surface area contributed by atoms with Crippen molar-refractivity contribution in [3.63, 3.8) is 0 Å². The normalized spacial score (nSPS) is 14.9. The molecule has 9 nitrogen and oxygen atoms in total. The van der Waals surface area contributed by atoms with Gasteiger partial charge < -0.3 is 11.1 Å². The van der Waals surface area contributed by atoms with Crippen LogP contribution in [0, 0.1) is 0 Å². The lowest BCUT2D eigenvalue weighted by molar-refractivity contribution is -0.116. The molecule has 3 heterocycles. The van der Waals surface area contributed by atoms with E-state index in [-0.39, 0.29) is 23.9 Å². The van der Waals surface area contributed by atoms with Gasteiger partial charge in [-0.25, -0.2) is 9.67 Å². The van der Waals surface area contributed by atoms with E-state index in [9.17, 15) is 14.4 Å². The molecule has 2 aromatic heterocycles. The number of amides is 2. The van der Waals surface area contributed by atoms with Crippen molar-refractivity contribution in [3.05, 3.63) is 75.7 Å². The maximum Gasteiger partial charge on any atom is 0.265 e. The van der Waals surface area contributed by atoms with Gasteiger partial charge in [-0.2, -0.15) is 5.10 Å². The summed E-state index contributed by atoms with van der Waals surface area (Å²) in [6.07, 6.45) is 1.60. The highest BCUT2D eigenvalue weighted by molar-refractivity contribution is 7.99. The van der Waals surface area contributed by atoms with E-state index in [1.54, 1.807) is 57.8 Å². The minimum atomic E-state index is -0.537. The molecule has 2 amide bonds. The standard InChI is InChI=1S/C22H17ClN6O3S/c23-13-3-7-15(8-4-13)29-20-17(10-25-29)21(32)28-16(11-33-22(28)27-20)9-18(30)26-14-5-1-12(2-6-14)19(24)31/h1-8,10,16H,9,11H2,(H2,24,31)(H,26,30). The van der Waals surface area contributed by atoms with Crippen LogP contribution in [0.25, 0.3) is 16.7 Å². The number of hydrogen-bond donors (Lipinski definition) is 2. The third kappa shape index (κ3) is 3.98. The van der Waals surface area contributed by atoms with Gasteiger partial charge in [-0.05, 0) is 48.5 Å². The van der Waals surface area contributed by atoms with Crippen molar-refractivity contribution in [1.82, 2.24) is 19.3 Å². The number of carbonyl (C=O) groups excluding carboxylic acids is 2. The van der Waals surface area contributed by atoms with Crippen molar-refractivity contribution in [1.29, 1.82) is 0 Å². The molecule has 33 heavy (non-hydrogen) atoms. The van der Waals surface area contributed by atoms with E-state index < -0.39 is 5.91 Å². The van der Waals surface area contributed by atoms with Crippen LogP contribution in [0.3, 0.4) is 0 Å². The van der Waals surface area contributed by atoms with Gasteiger partial charge >= 0.3 is 0 Å². The fourth-order valence-corrected chi connectivity index (χ4v) is 4.95. The fourth-order valence-electron chi connectivity index (χ4n) is 3.70. The summed E-state index contributed by atoms with van der Waals surface area (Å²) in [4.78, 5) is 41.7. The fraction of sp³-hybridized carbons (Fsp3) is 0.136. The molecule has 0 saturated heterocycles. The number of nitrogens with two attached hydrogens (primary N) is 1. The number of hydrogen-bond acceptors (Lipinski definition) is 6. The van der Waals surface area contributed by atoms with E-state index in [1.165, 1.54) is 18.0 Å². The SMILES string of the molecule is NC(=O)c1ccc(NC(=O)CC2CSc3nc4c(cnn4-c4ccc(Cl)cc4)c(=O)n32)cc1. The molecule has 0 fully saturated rings. The first kappa shape index (κ1) is 21.2. The van der Waals surface area contributed by atoms with E-state index in [2.05, 4.69) is 15.4 Å². The summed E-state index contributed by atoms with van der Waals surface area (Å²) in [5.74, 6) is -0.230. The molecular weight excluding hydrogens is 464 g/mol. The number of carbonyl (C=O) groups is 2. The average Bonchev–Trinajstić information content (AvgIpc) is 3.40. The molecule has 3 N–H and O–H groups in total. The number of benzene rings is 2.